The lowest BCUT2D eigenvalue weighted by molar-refractivity contribution is -0.348. The van der Waals surface area contributed by atoms with E-state index in [1.165, 1.54) is 18.4 Å². The molecule has 0 unspecified atom stereocenters. The van der Waals surface area contributed by atoms with Crippen molar-refractivity contribution in [1.82, 2.24) is 15.2 Å². The van der Waals surface area contributed by atoms with Gasteiger partial charge in [-0.25, -0.2) is 8.78 Å². The van der Waals surface area contributed by atoms with Gasteiger partial charge < -0.3 is 19.0 Å². The summed E-state index contributed by atoms with van der Waals surface area (Å²) in [5.74, 6) is -23.1. The van der Waals surface area contributed by atoms with Crippen LogP contribution < -0.4 is 5.73 Å². The molecule has 0 atom stereocenters. The molecule has 0 spiro atoms. The Morgan fingerprint density at radius 2 is 1.64 bits per heavy atom. The van der Waals surface area contributed by atoms with Crippen molar-refractivity contribution < 1.29 is 48.4 Å². The zero-order chi connectivity index (χ0) is 20.9. The summed E-state index contributed by atoms with van der Waals surface area (Å²) < 4.78 is 119. The second-order valence-corrected chi connectivity index (χ2v) is 5.19. The topological polar surface area (TPSA) is 104 Å². The van der Waals surface area contributed by atoms with E-state index in [2.05, 4.69) is 19.6 Å². The SMILES string of the molecule is Nc1oc(-c2ccco2)nc1-c1nnc(C(F)(F)C(F)(F)C(F)(F)C(F)F)o1. The maximum atomic E-state index is 13.8. The van der Waals surface area contributed by atoms with Gasteiger partial charge in [0, 0.05) is 0 Å². The van der Waals surface area contributed by atoms with Crippen LogP contribution in [0.3, 0.4) is 0 Å². The summed E-state index contributed by atoms with van der Waals surface area (Å²) in [5, 5.41) is 5.48. The Bertz CT molecular complexity index is 967. The number of hydrogen-bond donors (Lipinski definition) is 1. The van der Waals surface area contributed by atoms with Crippen LogP contribution in [0.5, 0.6) is 0 Å². The van der Waals surface area contributed by atoms with E-state index >= 15 is 0 Å². The number of nitrogen functional groups attached to an aromatic ring is 1. The van der Waals surface area contributed by atoms with E-state index in [1.54, 1.807) is 0 Å². The highest BCUT2D eigenvalue weighted by Gasteiger charge is 2.78. The quantitative estimate of drug-likeness (QED) is 0.599. The molecule has 3 heterocycles. The van der Waals surface area contributed by atoms with E-state index < -0.39 is 47.6 Å². The number of nitrogens with two attached hydrogens (primary N) is 1. The number of aromatic nitrogens is 3. The second-order valence-electron chi connectivity index (χ2n) is 5.19. The van der Waals surface area contributed by atoms with Crippen molar-refractivity contribution in [1.29, 1.82) is 0 Å². The average molecular weight is 418 g/mol. The van der Waals surface area contributed by atoms with Crippen LogP contribution >= 0.6 is 0 Å². The van der Waals surface area contributed by atoms with Gasteiger partial charge in [0.1, 0.15) is 0 Å². The lowest BCUT2D eigenvalue weighted by atomic mass is 10.1. The fourth-order valence-electron chi connectivity index (χ4n) is 1.92. The van der Waals surface area contributed by atoms with Gasteiger partial charge in [0.05, 0.1) is 6.26 Å². The Balaban J connectivity index is 1.98. The van der Waals surface area contributed by atoms with Crippen molar-refractivity contribution in [2.45, 2.75) is 24.2 Å². The van der Waals surface area contributed by atoms with E-state index in [0.29, 0.717) is 0 Å². The minimum absolute atomic E-state index is 0.0335. The Morgan fingerprint density at radius 3 is 2.21 bits per heavy atom. The van der Waals surface area contributed by atoms with Crippen LogP contribution in [0.4, 0.5) is 41.0 Å². The summed E-state index contributed by atoms with van der Waals surface area (Å²) in [6, 6.07) is 2.81. The van der Waals surface area contributed by atoms with Crippen LogP contribution in [-0.4, -0.2) is 33.5 Å². The van der Waals surface area contributed by atoms with E-state index in [0.717, 1.165) is 0 Å². The first-order valence-electron chi connectivity index (χ1n) is 6.95. The maximum absolute atomic E-state index is 13.8. The molecule has 0 aliphatic rings. The number of hydrogen-bond acceptors (Lipinski definition) is 7. The van der Waals surface area contributed by atoms with Crippen molar-refractivity contribution in [3.8, 4) is 23.2 Å². The molecule has 0 aliphatic heterocycles. The summed E-state index contributed by atoms with van der Waals surface area (Å²) in [7, 11) is 0. The normalized spacial score (nSPS) is 13.5. The van der Waals surface area contributed by atoms with Gasteiger partial charge in [-0.1, -0.05) is 0 Å². The minimum Gasteiger partial charge on any atom is -0.459 e. The summed E-state index contributed by atoms with van der Waals surface area (Å²) in [6.07, 6.45) is -3.86. The van der Waals surface area contributed by atoms with Gasteiger partial charge in [-0.15, -0.1) is 10.2 Å². The summed E-state index contributed by atoms with van der Waals surface area (Å²) >= 11 is 0. The molecule has 0 saturated heterocycles. The summed E-state index contributed by atoms with van der Waals surface area (Å²) in [6.45, 7) is 0. The third-order valence-corrected chi connectivity index (χ3v) is 3.37. The van der Waals surface area contributed by atoms with Crippen molar-refractivity contribution in [3.05, 3.63) is 24.3 Å². The lowest BCUT2D eigenvalue weighted by Crippen LogP contribution is -2.56. The minimum atomic E-state index is -6.55. The Labute approximate surface area is 148 Å². The van der Waals surface area contributed by atoms with Crippen molar-refractivity contribution in [2.24, 2.45) is 0 Å². The molecule has 15 heteroatoms. The monoisotopic (exact) mass is 418 g/mol. The van der Waals surface area contributed by atoms with E-state index in [-0.39, 0.29) is 11.7 Å². The van der Waals surface area contributed by atoms with E-state index in [1.807, 2.05) is 0 Å². The highest BCUT2D eigenvalue weighted by molar-refractivity contribution is 5.64. The Kier molecular flexibility index (Phi) is 4.35. The second kappa shape index (κ2) is 6.20. The van der Waals surface area contributed by atoms with Crippen LogP contribution in [0.15, 0.2) is 31.6 Å². The standard InChI is InChI=1S/C13H6F8N4O3/c14-9(15)11(16,17)13(20,21)12(18,19)10-25-24-8(28-10)5-6(22)27-7(23-5)4-2-1-3-26-4/h1-3,9H,22H2. The Morgan fingerprint density at radius 1 is 0.964 bits per heavy atom. The molecule has 152 valence electrons. The predicted octanol–water partition coefficient (Wildman–Crippen LogP) is 4.19. The Hall–Kier alpha value is -3.13. The number of anilines is 1. The first-order chi connectivity index (χ1) is 12.9. The highest BCUT2D eigenvalue weighted by Crippen LogP contribution is 2.53. The van der Waals surface area contributed by atoms with Crippen molar-refractivity contribution in [3.63, 3.8) is 0 Å². The molecule has 0 aromatic carbocycles. The third kappa shape index (κ3) is 2.77. The molecule has 3 aromatic heterocycles. The van der Waals surface area contributed by atoms with E-state index in [9.17, 15) is 35.1 Å². The number of furan rings is 1. The van der Waals surface area contributed by atoms with Gasteiger partial charge in [0.25, 0.3) is 17.7 Å². The third-order valence-electron chi connectivity index (χ3n) is 3.37. The average Bonchev–Trinajstić information content (AvgIpc) is 3.34. The summed E-state index contributed by atoms with van der Waals surface area (Å²) in [4.78, 5) is 3.67. The van der Waals surface area contributed by atoms with Crippen LogP contribution in [0.1, 0.15) is 5.89 Å². The molecule has 3 rings (SSSR count). The summed E-state index contributed by atoms with van der Waals surface area (Å²) in [5.41, 5.74) is 4.85. The molecule has 3 aromatic rings. The highest BCUT2D eigenvalue weighted by atomic mass is 19.4. The molecule has 0 amide bonds. The number of alkyl halides is 8. The molecule has 0 bridgehead atoms. The van der Waals surface area contributed by atoms with Crippen LogP contribution in [0, 0.1) is 0 Å². The van der Waals surface area contributed by atoms with Gasteiger partial charge >= 0.3 is 24.2 Å². The van der Waals surface area contributed by atoms with Gasteiger partial charge in [-0.05, 0) is 12.1 Å². The molecule has 7 nitrogen and oxygen atoms in total. The van der Waals surface area contributed by atoms with Gasteiger partial charge in [-0.3, -0.25) is 0 Å². The van der Waals surface area contributed by atoms with Crippen LogP contribution in [-0.2, 0) is 5.92 Å². The van der Waals surface area contributed by atoms with Crippen LogP contribution in [0.2, 0.25) is 0 Å². The van der Waals surface area contributed by atoms with Crippen LogP contribution in [0.25, 0.3) is 23.2 Å². The zero-order valence-electron chi connectivity index (χ0n) is 13.0. The molecular formula is C13H6F8N4O3. The van der Waals surface area contributed by atoms with Crippen molar-refractivity contribution >= 4 is 5.88 Å². The molecule has 2 N–H and O–H groups in total. The predicted molar refractivity (Wildman–Crippen MR) is 71.7 cm³/mol. The molecule has 28 heavy (non-hydrogen) atoms. The molecule has 0 fully saturated rings. The fourth-order valence-corrected chi connectivity index (χ4v) is 1.92. The number of oxazole rings is 1. The first kappa shape index (κ1) is 19.6. The van der Waals surface area contributed by atoms with Gasteiger partial charge in [0.2, 0.25) is 5.88 Å². The number of rotatable bonds is 6. The van der Waals surface area contributed by atoms with E-state index in [4.69, 9.17) is 14.6 Å². The first-order valence-corrected chi connectivity index (χ1v) is 6.95. The number of nitrogens with zero attached hydrogens (tertiary/aromatic N) is 3. The van der Waals surface area contributed by atoms with Gasteiger partial charge in [0.15, 0.2) is 11.5 Å². The molecule has 0 radical (unpaired) electrons. The van der Waals surface area contributed by atoms with Crippen molar-refractivity contribution in [2.75, 3.05) is 5.73 Å². The maximum Gasteiger partial charge on any atom is 0.392 e. The zero-order valence-corrected chi connectivity index (χ0v) is 13.0. The smallest absolute Gasteiger partial charge is 0.392 e. The molecule has 0 saturated carbocycles. The van der Waals surface area contributed by atoms with Gasteiger partial charge in [-0.2, -0.15) is 31.3 Å². The molecule has 0 aliphatic carbocycles. The molecular weight excluding hydrogens is 412 g/mol. The number of halogens is 8. The fraction of sp³-hybridized carbons (Fsp3) is 0.308. The lowest BCUT2D eigenvalue weighted by Gasteiger charge is -2.29. The largest absolute Gasteiger partial charge is 0.459 e.